The van der Waals surface area contributed by atoms with Crippen LogP contribution in [-0.4, -0.2) is 36.1 Å². The normalized spacial score (nSPS) is 11.3. The number of rotatable bonds is 7. The second-order valence-corrected chi connectivity index (χ2v) is 7.29. The van der Waals surface area contributed by atoms with Gasteiger partial charge in [-0.25, -0.2) is 4.98 Å². The molecule has 0 radical (unpaired) electrons. The van der Waals surface area contributed by atoms with E-state index in [2.05, 4.69) is 92.9 Å². The van der Waals surface area contributed by atoms with Crippen LogP contribution in [0.3, 0.4) is 0 Å². The summed E-state index contributed by atoms with van der Waals surface area (Å²) in [5.41, 5.74) is 6.12. The van der Waals surface area contributed by atoms with Gasteiger partial charge < -0.3 is 9.80 Å². The van der Waals surface area contributed by atoms with Crippen molar-refractivity contribution in [3.05, 3.63) is 65.2 Å². The van der Waals surface area contributed by atoms with Crippen LogP contribution in [0, 0.1) is 20.8 Å². The minimum atomic E-state index is 0.925. The van der Waals surface area contributed by atoms with E-state index < -0.39 is 0 Å². The number of aryl methyl sites for hydroxylation is 3. The molecular weight excluding hydrogens is 330 g/mol. The first-order valence-corrected chi connectivity index (χ1v) is 9.97. The van der Waals surface area contributed by atoms with Crippen molar-refractivity contribution in [3.63, 3.8) is 0 Å². The van der Waals surface area contributed by atoms with Gasteiger partial charge in [-0.3, -0.25) is 0 Å². The number of fused-ring (bicyclic) bond motifs is 1. The van der Waals surface area contributed by atoms with E-state index in [4.69, 9.17) is 4.98 Å². The minimum absolute atomic E-state index is 0.925. The zero-order valence-corrected chi connectivity index (χ0v) is 17.3. The number of para-hydroxylation sites is 1. The Balaban J connectivity index is 2.06. The summed E-state index contributed by atoms with van der Waals surface area (Å²) in [5.74, 6) is 1.03. The molecule has 0 bridgehead atoms. The van der Waals surface area contributed by atoms with Gasteiger partial charge in [0.2, 0.25) is 0 Å². The zero-order valence-electron chi connectivity index (χ0n) is 17.3. The topological polar surface area (TPSA) is 19.4 Å². The van der Waals surface area contributed by atoms with Gasteiger partial charge in [-0.05, 0) is 69.3 Å². The lowest BCUT2D eigenvalue weighted by molar-refractivity contribution is 0.312. The third-order valence-corrected chi connectivity index (χ3v) is 5.32. The fourth-order valence-electron chi connectivity index (χ4n) is 3.73. The van der Waals surface area contributed by atoms with Crippen molar-refractivity contribution < 1.29 is 0 Å². The fourth-order valence-corrected chi connectivity index (χ4v) is 3.73. The van der Waals surface area contributed by atoms with E-state index in [-0.39, 0.29) is 0 Å². The summed E-state index contributed by atoms with van der Waals surface area (Å²) in [6.07, 6.45) is 0. The Morgan fingerprint density at radius 2 is 1.52 bits per heavy atom. The number of hydrogen-bond donors (Lipinski definition) is 0. The molecule has 1 aromatic heterocycles. The lowest BCUT2D eigenvalue weighted by atomic mass is 10.0. The van der Waals surface area contributed by atoms with E-state index >= 15 is 0 Å². The van der Waals surface area contributed by atoms with Crippen molar-refractivity contribution in [2.75, 3.05) is 31.1 Å². The third kappa shape index (κ3) is 4.30. The molecule has 0 atom stereocenters. The molecule has 2 aromatic carbocycles. The predicted octanol–water partition coefficient (Wildman–Crippen LogP) is 5.64. The molecule has 0 saturated carbocycles. The van der Waals surface area contributed by atoms with Gasteiger partial charge in [0.15, 0.2) is 0 Å². The van der Waals surface area contributed by atoms with Crippen LogP contribution in [0.5, 0.6) is 0 Å². The molecule has 0 amide bonds. The van der Waals surface area contributed by atoms with Crippen LogP contribution < -0.4 is 4.90 Å². The lowest BCUT2D eigenvalue weighted by Gasteiger charge is -2.28. The van der Waals surface area contributed by atoms with Crippen molar-refractivity contribution in [2.24, 2.45) is 0 Å². The Morgan fingerprint density at radius 3 is 2.19 bits per heavy atom. The van der Waals surface area contributed by atoms with Crippen LogP contribution in [0.15, 0.2) is 48.5 Å². The van der Waals surface area contributed by atoms with Crippen LogP contribution in [-0.2, 0) is 0 Å². The summed E-state index contributed by atoms with van der Waals surface area (Å²) in [7, 11) is 0. The number of anilines is 2. The van der Waals surface area contributed by atoms with Crippen LogP contribution in [0.25, 0.3) is 10.9 Å². The Kier molecular flexibility index (Phi) is 6.12. The average Bonchev–Trinajstić information content (AvgIpc) is 2.67. The molecule has 0 fully saturated rings. The smallest absolute Gasteiger partial charge is 0.134 e. The van der Waals surface area contributed by atoms with Crippen molar-refractivity contribution in [2.45, 2.75) is 34.6 Å². The summed E-state index contributed by atoms with van der Waals surface area (Å²) in [5, 5.41) is 1.26. The van der Waals surface area contributed by atoms with E-state index in [1.54, 1.807) is 0 Å². The Bertz CT molecular complexity index is 898. The van der Waals surface area contributed by atoms with Gasteiger partial charge in [0.25, 0.3) is 0 Å². The number of nitrogens with zero attached hydrogens (tertiary/aromatic N) is 3. The van der Waals surface area contributed by atoms with E-state index in [0.29, 0.717) is 0 Å². The molecule has 3 heteroatoms. The number of benzene rings is 2. The highest BCUT2D eigenvalue weighted by molar-refractivity contribution is 5.87. The molecule has 0 aliphatic heterocycles. The Labute approximate surface area is 163 Å². The lowest BCUT2D eigenvalue weighted by Crippen LogP contribution is -2.33. The van der Waals surface area contributed by atoms with Crippen LogP contribution in [0.2, 0.25) is 0 Å². The summed E-state index contributed by atoms with van der Waals surface area (Å²) >= 11 is 0. The number of hydrogen-bond acceptors (Lipinski definition) is 3. The molecule has 0 N–H and O–H groups in total. The maximum atomic E-state index is 5.09. The molecule has 1 heterocycles. The number of pyridine rings is 1. The quantitative estimate of drug-likeness (QED) is 0.543. The predicted molar refractivity (Wildman–Crippen MR) is 117 cm³/mol. The Morgan fingerprint density at radius 1 is 0.815 bits per heavy atom. The van der Waals surface area contributed by atoms with Crippen LogP contribution >= 0.6 is 0 Å². The third-order valence-electron chi connectivity index (χ3n) is 5.32. The largest absolute Gasteiger partial charge is 0.325 e. The van der Waals surface area contributed by atoms with E-state index in [9.17, 15) is 0 Å². The summed E-state index contributed by atoms with van der Waals surface area (Å²) in [6, 6.07) is 17.3. The van der Waals surface area contributed by atoms with E-state index in [1.165, 1.54) is 27.8 Å². The van der Waals surface area contributed by atoms with Crippen molar-refractivity contribution in [3.8, 4) is 0 Å². The van der Waals surface area contributed by atoms with Gasteiger partial charge in [-0.2, -0.15) is 0 Å². The van der Waals surface area contributed by atoms with Gasteiger partial charge in [-0.1, -0.05) is 43.7 Å². The molecule has 0 spiro atoms. The highest BCUT2D eigenvalue weighted by Gasteiger charge is 2.15. The molecule has 3 nitrogen and oxygen atoms in total. The Hall–Kier alpha value is -2.39. The second kappa shape index (κ2) is 8.53. The highest BCUT2D eigenvalue weighted by Crippen LogP contribution is 2.29. The van der Waals surface area contributed by atoms with Crippen molar-refractivity contribution in [1.29, 1.82) is 0 Å². The maximum Gasteiger partial charge on any atom is 0.134 e. The fraction of sp³-hybridized carbons (Fsp3) is 0.375. The standard InChI is InChI=1S/C24H31N3/c1-6-26(7-2)13-14-27(21-11-9-8-10-12-21)23-17-19(4)22-16-18(3)15-20(5)24(22)25-23/h8-12,15-17H,6-7,13-14H2,1-5H3. The minimum Gasteiger partial charge on any atom is -0.325 e. The van der Waals surface area contributed by atoms with Crippen molar-refractivity contribution in [1.82, 2.24) is 9.88 Å². The SMILES string of the molecule is CCN(CC)CCN(c1ccccc1)c1cc(C)c2cc(C)cc(C)c2n1. The highest BCUT2D eigenvalue weighted by atomic mass is 15.2. The monoisotopic (exact) mass is 361 g/mol. The first kappa shape index (κ1) is 19.4. The summed E-state index contributed by atoms with van der Waals surface area (Å²) in [6.45, 7) is 15.0. The van der Waals surface area contributed by atoms with Gasteiger partial charge in [0.05, 0.1) is 5.52 Å². The summed E-state index contributed by atoms with van der Waals surface area (Å²) in [4.78, 5) is 9.90. The number of likely N-dealkylation sites (N-methyl/N-ethyl adjacent to an activating group) is 1. The maximum absolute atomic E-state index is 5.09. The molecule has 3 aromatic rings. The van der Waals surface area contributed by atoms with Crippen LogP contribution in [0.4, 0.5) is 11.5 Å². The summed E-state index contributed by atoms with van der Waals surface area (Å²) < 4.78 is 0. The second-order valence-electron chi connectivity index (χ2n) is 7.29. The molecule has 0 saturated heterocycles. The number of aromatic nitrogens is 1. The van der Waals surface area contributed by atoms with Crippen molar-refractivity contribution >= 4 is 22.4 Å². The van der Waals surface area contributed by atoms with Gasteiger partial charge in [0.1, 0.15) is 5.82 Å². The molecule has 3 rings (SSSR count). The molecule has 0 aliphatic rings. The van der Waals surface area contributed by atoms with Crippen LogP contribution in [0.1, 0.15) is 30.5 Å². The molecule has 142 valence electrons. The van der Waals surface area contributed by atoms with E-state index in [0.717, 1.165) is 37.5 Å². The first-order valence-electron chi connectivity index (χ1n) is 9.97. The van der Waals surface area contributed by atoms with E-state index in [1.807, 2.05) is 0 Å². The molecule has 27 heavy (non-hydrogen) atoms. The van der Waals surface area contributed by atoms with Gasteiger partial charge in [-0.15, -0.1) is 0 Å². The molecule has 0 unspecified atom stereocenters. The molecular formula is C24H31N3. The zero-order chi connectivity index (χ0) is 19.4. The van der Waals surface area contributed by atoms with Gasteiger partial charge >= 0.3 is 0 Å². The average molecular weight is 362 g/mol. The van der Waals surface area contributed by atoms with Gasteiger partial charge in [0, 0.05) is 24.2 Å². The first-order chi connectivity index (χ1) is 13.0. The molecule has 0 aliphatic carbocycles.